The molecule has 162 valence electrons. The summed E-state index contributed by atoms with van der Waals surface area (Å²) in [5.41, 5.74) is 1.05. The van der Waals surface area contributed by atoms with Crippen molar-refractivity contribution in [1.29, 1.82) is 0 Å². The molecule has 1 aliphatic heterocycles. The summed E-state index contributed by atoms with van der Waals surface area (Å²) < 4.78 is 19.0. The standard InChI is InChI=1S/C22H21Cl2FN4O2/c1-13(21(30)26-19-11-16(23)7-8-18(19)24)29-9-3-5-15(12-29)22-27-20(28-31-22)14-4-2-6-17(25)10-14/h2,4,6-8,10-11,13,15H,3,5,9,12H2,1H3,(H,26,30). The number of hydrogen-bond acceptors (Lipinski definition) is 5. The maximum absolute atomic E-state index is 13.5. The van der Waals surface area contributed by atoms with Gasteiger partial charge in [-0.2, -0.15) is 4.98 Å². The summed E-state index contributed by atoms with van der Waals surface area (Å²) in [7, 11) is 0. The zero-order valence-corrected chi connectivity index (χ0v) is 18.3. The topological polar surface area (TPSA) is 71.3 Å². The van der Waals surface area contributed by atoms with Gasteiger partial charge in [0.15, 0.2) is 0 Å². The van der Waals surface area contributed by atoms with Crippen LogP contribution in [0.5, 0.6) is 0 Å². The second kappa shape index (κ2) is 9.34. The predicted molar refractivity (Wildman–Crippen MR) is 118 cm³/mol. The van der Waals surface area contributed by atoms with Crippen LogP contribution in [-0.4, -0.2) is 40.1 Å². The lowest BCUT2D eigenvalue weighted by atomic mass is 9.96. The number of carbonyl (C=O) groups is 1. The molecule has 1 fully saturated rings. The average molecular weight is 463 g/mol. The first-order valence-electron chi connectivity index (χ1n) is 10.00. The number of carbonyl (C=O) groups excluding carboxylic acids is 1. The Morgan fingerprint density at radius 1 is 1.29 bits per heavy atom. The summed E-state index contributed by atoms with van der Waals surface area (Å²) in [5.74, 6) is 0.319. The van der Waals surface area contributed by atoms with E-state index < -0.39 is 0 Å². The number of nitrogens with zero attached hydrogens (tertiary/aromatic N) is 3. The highest BCUT2D eigenvalue weighted by atomic mass is 35.5. The summed E-state index contributed by atoms with van der Waals surface area (Å²) in [6.07, 6.45) is 1.76. The summed E-state index contributed by atoms with van der Waals surface area (Å²) in [4.78, 5) is 19.3. The lowest BCUT2D eigenvalue weighted by Gasteiger charge is -2.34. The molecule has 1 saturated heterocycles. The fourth-order valence-corrected chi connectivity index (χ4v) is 4.04. The van der Waals surface area contributed by atoms with Crippen molar-refractivity contribution in [2.24, 2.45) is 0 Å². The molecule has 1 aliphatic rings. The molecule has 1 amide bonds. The highest BCUT2D eigenvalue weighted by Gasteiger charge is 2.31. The number of anilines is 1. The highest BCUT2D eigenvalue weighted by Crippen LogP contribution is 2.30. The largest absolute Gasteiger partial charge is 0.339 e. The van der Waals surface area contributed by atoms with Crippen LogP contribution in [0.4, 0.5) is 10.1 Å². The van der Waals surface area contributed by atoms with Gasteiger partial charge in [0, 0.05) is 17.1 Å². The van der Waals surface area contributed by atoms with Crippen molar-refractivity contribution in [1.82, 2.24) is 15.0 Å². The minimum atomic E-state index is -0.386. The monoisotopic (exact) mass is 462 g/mol. The zero-order chi connectivity index (χ0) is 22.0. The van der Waals surface area contributed by atoms with Crippen LogP contribution < -0.4 is 5.32 Å². The van der Waals surface area contributed by atoms with Gasteiger partial charge in [0.05, 0.1) is 22.7 Å². The molecule has 0 bridgehead atoms. The molecule has 2 unspecified atom stereocenters. The lowest BCUT2D eigenvalue weighted by molar-refractivity contribution is -0.121. The molecule has 3 aromatic rings. The third kappa shape index (κ3) is 5.06. The van der Waals surface area contributed by atoms with Gasteiger partial charge in [-0.05, 0) is 56.6 Å². The number of piperidine rings is 1. The molecule has 9 heteroatoms. The third-order valence-corrected chi connectivity index (χ3v) is 6.00. The molecule has 0 saturated carbocycles. The smallest absolute Gasteiger partial charge is 0.241 e. The van der Waals surface area contributed by atoms with Crippen LogP contribution in [0.2, 0.25) is 10.0 Å². The van der Waals surface area contributed by atoms with E-state index in [1.165, 1.54) is 12.1 Å². The number of nitrogens with one attached hydrogen (secondary N) is 1. The maximum atomic E-state index is 13.5. The molecule has 2 aromatic carbocycles. The van der Waals surface area contributed by atoms with Crippen LogP contribution in [0.25, 0.3) is 11.4 Å². The van der Waals surface area contributed by atoms with E-state index in [0.29, 0.717) is 39.6 Å². The predicted octanol–water partition coefficient (Wildman–Crippen LogP) is 5.39. The summed E-state index contributed by atoms with van der Waals surface area (Å²) in [5, 5.41) is 7.78. The van der Waals surface area contributed by atoms with Crippen molar-refractivity contribution in [2.75, 3.05) is 18.4 Å². The molecule has 1 N–H and O–H groups in total. The minimum Gasteiger partial charge on any atom is -0.339 e. The van der Waals surface area contributed by atoms with Crippen LogP contribution in [0, 0.1) is 5.82 Å². The number of aromatic nitrogens is 2. The van der Waals surface area contributed by atoms with Gasteiger partial charge in [-0.15, -0.1) is 0 Å². The van der Waals surface area contributed by atoms with Crippen LogP contribution >= 0.6 is 23.2 Å². The molecule has 31 heavy (non-hydrogen) atoms. The van der Waals surface area contributed by atoms with Gasteiger partial charge in [0.2, 0.25) is 17.6 Å². The second-order valence-corrected chi connectivity index (χ2v) is 8.43. The van der Waals surface area contributed by atoms with E-state index in [1.54, 1.807) is 30.3 Å². The molecule has 4 rings (SSSR count). The fraction of sp³-hybridized carbons (Fsp3) is 0.318. The Morgan fingerprint density at radius 3 is 2.94 bits per heavy atom. The lowest BCUT2D eigenvalue weighted by Crippen LogP contribution is -2.46. The Bertz CT molecular complexity index is 1090. The van der Waals surface area contributed by atoms with Gasteiger partial charge in [0.1, 0.15) is 5.82 Å². The highest BCUT2D eigenvalue weighted by molar-refractivity contribution is 6.35. The molecule has 0 spiro atoms. The van der Waals surface area contributed by atoms with E-state index in [9.17, 15) is 9.18 Å². The molecule has 2 heterocycles. The van der Waals surface area contributed by atoms with E-state index in [1.807, 2.05) is 6.92 Å². The Hall–Kier alpha value is -2.48. The first kappa shape index (κ1) is 21.7. The second-order valence-electron chi connectivity index (χ2n) is 7.59. The fourth-order valence-electron chi connectivity index (χ4n) is 3.70. The van der Waals surface area contributed by atoms with Crippen molar-refractivity contribution < 1.29 is 13.7 Å². The zero-order valence-electron chi connectivity index (χ0n) is 16.8. The van der Waals surface area contributed by atoms with E-state index >= 15 is 0 Å². The van der Waals surface area contributed by atoms with Crippen molar-refractivity contribution >= 4 is 34.8 Å². The van der Waals surface area contributed by atoms with Gasteiger partial charge in [0.25, 0.3) is 0 Å². The molecule has 1 aromatic heterocycles. The van der Waals surface area contributed by atoms with Crippen molar-refractivity contribution in [3.8, 4) is 11.4 Å². The van der Waals surface area contributed by atoms with E-state index in [0.717, 1.165) is 19.4 Å². The van der Waals surface area contributed by atoms with Crippen LogP contribution in [0.1, 0.15) is 31.6 Å². The number of benzene rings is 2. The number of amides is 1. The summed E-state index contributed by atoms with van der Waals surface area (Å²) in [6, 6.07) is 10.6. The first-order valence-corrected chi connectivity index (χ1v) is 10.8. The van der Waals surface area contributed by atoms with Gasteiger partial charge >= 0.3 is 0 Å². The normalized spacial score (nSPS) is 18.0. The maximum Gasteiger partial charge on any atom is 0.241 e. The van der Waals surface area contributed by atoms with Crippen molar-refractivity contribution in [3.63, 3.8) is 0 Å². The van der Waals surface area contributed by atoms with Crippen molar-refractivity contribution in [2.45, 2.75) is 31.7 Å². The minimum absolute atomic E-state index is 0.00596. The summed E-state index contributed by atoms with van der Waals surface area (Å²) in [6.45, 7) is 3.23. The molecular weight excluding hydrogens is 442 g/mol. The van der Waals surface area contributed by atoms with Gasteiger partial charge in [-0.25, -0.2) is 4.39 Å². The quantitative estimate of drug-likeness (QED) is 0.550. The van der Waals surface area contributed by atoms with Crippen LogP contribution in [0.15, 0.2) is 47.0 Å². The number of likely N-dealkylation sites (tertiary alicyclic amines) is 1. The average Bonchev–Trinajstić information content (AvgIpc) is 3.26. The van der Waals surface area contributed by atoms with E-state index in [-0.39, 0.29) is 23.7 Å². The van der Waals surface area contributed by atoms with Gasteiger partial charge in [-0.3, -0.25) is 9.69 Å². The Balaban J connectivity index is 1.43. The van der Waals surface area contributed by atoms with Gasteiger partial charge < -0.3 is 9.84 Å². The van der Waals surface area contributed by atoms with Gasteiger partial charge in [-0.1, -0.05) is 40.5 Å². The van der Waals surface area contributed by atoms with E-state index in [4.69, 9.17) is 27.7 Å². The number of rotatable bonds is 5. The third-order valence-electron chi connectivity index (χ3n) is 5.44. The SMILES string of the molecule is CC(C(=O)Nc1cc(Cl)ccc1Cl)N1CCCC(c2nc(-c3cccc(F)c3)no2)C1. The molecule has 6 nitrogen and oxygen atoms in total. The number of halogens is 3. The molecule has 0 aliphatic carbocycles. The molecule has 0 radical (unpaired) electrons. The molecule has 2 atom stereocenters. The first-order chi connectivity index (χ1) is 14.9. The Kier molecular flexibility index (Phi) is 6.55. The van der Waals surface area contributed by atoms with Crippen molar-refractivity contribution in [3.05, 3.63) is 64.2 Å². The Labute approximate surface area is 189 Å². The van der Waals surface area contributed by atoms with Crippen LogP contribution in [0.3, 0.4) is 0 Å². The Morgan fingerprint density at radius 2 is 2.13 bits per heavy atom. The van der Waals surface area contributed by atoms with E-state index in [2.05, 4.69) is 20.4 Å². The van der Waals surface area contributed by atoms with Crippen LogP contribution in [-0.2, 0) is 4.79 Å². The number of hydrogen-bond donors (Lipinski definition) is 1. The summed E-state index contributed by atoms with van der Waals surface area (Å²) >= 11 is 12.2. The molecular formula is C22H21Cl2FN4O2.